The van der Waals surface area contributed by atoms with Crippen LogP contribution in [0.1, 0.15) is 27.2 Å². The number of ether oxygens (including phenoxy) is 2. The van der Waals surface area contributed by atoms with Crippen LogP contribution in [0.15, 0.2) is 57.9 Å². The van der Waals surface area contributed by atoms with Gasteiger partial charge in [-0.05, 0) is 5.56 Å². The molecule has 0 aliphatic carbocycles. The van der Waals surface area contributed by atoms with E-state index in [2.05, 4.69) is 5.32 Å². The SMILES string of the molecule is COCc1occ(C(=O)NCc2c(F)cc(F)cc2F)c(=O)c1OCc1ccccc1. The van der Waals surface area contributed by atoms with E-state index in [-0.39, 0.29) is 24.7 Å². The van der Waals surface area contributed by atoms with Crippen LogP contribution >= 0.6 is 0 Å². The summed E-state index contributed by atoms with van der Waals surface area (Å²) in [6.45, 7) is -0.636. The average Bonchev–Trinajstić information content (AvgIpc) is 2.73. The zero-order chi connectivity index (χ0) is 22.4. The summed E-state index contributed by atoms with van der Waals surface area (Å²) in [5, 5.41) is 2.22. The van der Waals surface area contributed by atoms with Gasteiger partial charge in [0.2, 0.25) is 11.2 Å². The second-order valence-corrected chi connectivity index (χ2v) is 6.47. The first kappa shape index (κ1) is 22.1. The Labute approximate surface area is 175 Å². The van der Waals surface area contributed by atoms with Crippen molar-refractivity contribution in [3.05, 3.63) is 98.9 Å². The molecular formula is C22H18F3NO5. The van der Waals surface area contributed by atoms with E-state index in [0.717, 1.165) is 11.8 Å². The van der Waals surface area contributed by atoms with Crippen LogP contribution in [0.5, 0.6) is 5.75 Å². The summed E-state index contributed by atoms with van der Waals surface area (Å²) in [6, 6.07) is 10.00. The van der Waals surface area contributed by atoms with Crippen LogP contribution in [0.25, 0.3) is 0 Å². The van der Waals surface area contributed by atoms with Crippen molar-refractivity contribution in [2.24, 2.45) is 0 Å². The molecule has 0 fully saturated rings. The van der Waals surface area contributed by atoms with Crippen molar-refractivity contribution < 1.29 is 31.9 Å². The van der Waals surface area contributed by atoms with Crippen LogP contribution in [-0.4, -0.2) is 13.0 Å². The molecule has 0 aliphatic heterocycles. The highest BCUT2D eigenvalue weighted by molar-refractivity contribution is 5.94. The minimum Gasteiger partial charge on any atom is -0.482 e. The first-order valence-electron chi connectivity index (χ1n) is 9.12. The summed E-state index contributed by atoms with van der Waals surface area (Å²) in [7, 11) is 1.40. The molecule has 3 aromatic rings. The molecule has 0 radical (unpaired) electrons. The molecule has 0 spiro atoms. The number of benzene rings is 2. The Morgan fingerprint density at radius 2 is 1.74 bits per heavy atom. The Bertz CT molecular complexity index is 1110. The van der Waals surface area contributed by atoms with Crippen LogP contribution < -0.4 is 15.5 Å². The van der Waals surface area contributed by atoms with Crippen molar-refractivity contribution in [2.75, 3.05) is 7.11 Å². The molecule has 6 nitrogen and oxygen atoms in total. The van der Waals surface area contributed by atoms with Gasteiger partial charge in [-0.3, -0.25) is 9.59 Å². The van der Waals surface area contributed by atoms with Gasteiger partial charge in [-0.1, -0.05) is 30.3 Å². The predicted molar refractivity (Wildman–Crippen MR) is 104 cm³/mol. The van der Waals surface area contributed by atoms with Crippen molar-refractivity contribution in [3.63, 3.8) is 0 Å². The van der Waals surface area contributed by atoms with Crippen LogP contribution in [0, 0.1) is 17.5 Å². The highest BCUT2D eigenvalue weighted by Gasteiger charge is 2.21. The monoisotopic (exact) mass is 433 g/mol. The van der Waals surface area contributed by atoms with Crippen molar-refractivity contribution in [1.82, 2.24) is 5.32 Å². The Kier molecular flexibility index (Phi) is 7.09. The highest BCUT2D eigenvalue weighted by Crippen LogP contribution is 2.18. The molecule has 0 atom stereocenters. The lowest BCUT2D eigenvalue weighted by Gasteiger charge is -2.12. The second kappa shape index (κ2) is 9.94. The Morgan fingerprint density at radius 1 is 1.06 bits per heavy atom. The molecule has 2 aromatic carbocycles. The molecule has 1 aromatic heterocycles. The number of carbonyl (C=O) groups excluding carboxylic acids is 1. The summed E-state index contributed by atoms with van der Waals surface area (Å²) in [5.41, 5.74) is -0.962. The third-order valence-corrected chi connectivity index (χ3v) is 4.30. The number of rotatable bonds is 8. The van der Waals surface area contributed by atoms with Crippen LogP contribution in [0.3, 0.4) is 0 Å². The number of hydrogen-bond donors (Lipinski definition) is 1. The maximum atomic E-state index is 13.8. The summed E-state index contributed by atoms with van der Waals surface area (Å²) >= 11 is 0. The fourth-order valence-electron chi connectivity index (χ4n) is 2.75. The van der Waals surface area contributed by atoms with Crippen molar-refractivity contribution in [1.29, 1.82) is 0 Å². The van der Waals surface area contributed by atoms with E-state index >= 15 is 0 Å². The molecule has 1 heterocycles. The first-order valence-corrected chi connectivity index (χ1v) is 9.12. The normalized spacial score (nSPS) is 10.7. The van der Waals surface area contributed by atoms with Gasteiger partial charge in [-0.15, -0.1) is 0 Å². The maximum Gasteiger partial charge on any atom is 0.258 e. The van der Waals surface area contributed by atoms with E-state index in [1.165, 1.54) is 7.11 Å². The number of methoxy groups -OCH3 is 1. The van der Waals surface area contributed by atoms with Crippen molar-refractivity contribution >= 4 is 5.91 Å². The van der Waals surface area contributed by atoms with Gasteiger partial charge in [-0.2, -0.15) is 0 Å². The van der Waals surface area contributed by atoms with E-state index < -0.39 is 46.5 Å². The Morgan fingerprint density at radius 3 is 2.39 bits per heavy atom. The van der Waals surface area contributed by atoms with Gasteiger partial charge in [0, 0.05) is 31.4 Å². The molecule has 162 valence electrons. The summed E-state index contributed by atoms with van der Waals surface area (Å²) < 4.78 is 56.4. The lowest BCUT2D eigenvalue weighted by atomic mass is 10.1. The summed E-state index contributed by atoms with van der Waals surface area (Å²) in [6.07, 6.45) is 0.915. The van der Waals surface area contributed by atoms with Gasteiger partial charge >= 0.3 is 0 Å². The maximum absolute atomic E-state index is 13.8. The minimum absolute atomic E-state index is 0.0411. The fourth-order valence-corrected chi connectivity index (χ4v) is 2.75. The summed E-state index contributed by atoms with van der Waals surface area (Å²) in [5.74, 6) is -4.47. The van der Waals surface area contributed by atoms with E-state index in [0.29, 0.717) is 12.1 Å². The van der Waals surface area contributed by atoms with Gasteiger partial charge < -0.3 is 19.2 Å². The molecule has 1 amide bonds. The number of halogens is 3. The van der Waals surface area contributed by atoms with Crippen molar-refractivity contribution in [3.8, 4) is 5.75 Å². The molecule has 3 rings (SSSR count). The zero-order valence-corrected chi connectivity index (χ0v) is 16.4. The number of amides is 1. The van der Waals surface area contributed by atoms with Crippen LogP contribution in [-0.2, 0) is 24.5 Å². The molecule has 0 aliphatic rings. The van der Waals surface area contributed by atoms with E-state index in [1.807, 2.05) is 6.07 Å². The van der Waals surface area contributed by atoms with Gasteiger partial charge in [0.15, 0.2) is 5.76 Å². The smallest absolute Gasteiger partial charge is 0.258 e. The quantitative estimate of drug-likeness (QED) is 0.586. The fraction of sp³-hybridized carbons (Fsp3) is 0.182. The van der Waals surface area contributed by atoms with Gasteiger partial charge in [0.1, 0.15) is 42.5 Å². The third kappa shape index (κ3) is 5.32. The summed E-state index contributed by atoms with van der Waals surface area (Å²) in [4.78, 5) is 25.3. The lowest BCUT2D eigenvalue weighted by Crippen LogP contribution is -2.29. The first-order chi connectivity index (χ1) is 14.9. The molecule has 9 heteroatoms. The van der Waals surface area contributed by atoms with Gasteiger partial charge in [0.25, 0.3) is 5.91 Å². The molecular weight excluding hydrogens is 415 g/mol. The average molecular weight is 433 g/mol. The highest BCUT2D eigenvalue weighted by atomic mass is 19.1. The third-order valence-electron chi connectivity index (χ3n) is 4.30. The number of nitrogens with one attached hydrogen (secondary N) is 1. The minimum atomic E-state index is -1.16. The molecule has 31 heavy (non-hydrogen) atoms. The van der Waals surface area contributed by atoms with E-state index in [1.54, 1.807) is 24.3 Å². The molecule has 0 saturated carbocycles. The van der Waals surface area contributed by atoms with Gasteiger partial charge in [-0.25, -0.2) is 13.2 Å². The second-order valence-electron chi connectivity index (χ2n) is 6.47. The lowest BCUT2D eigenvalue weighted by molar-refractivity contribution is 0.0943. The van der Waals surface area contributed by atoms with E-state index in [9.17, 15) is 22.8 Å². The topological polar surface area (TPSA) is 77.8 Å². The Hall–Kier alpha value is -3.59. The van der Waals surface area contributed by atoms with E-state index in [4.69, 9.17) is 13.9 Å². The number of carbonyl (C=O) groups is 1. The Balaban J connectivity index is 1.82. The van der Waals surface area contributed by atoms with Crippen LogP contribution in [0.4, 0.5) is 13.2 Å². The molecule has 0 bridgehead atoms. The number of hydrogen-bond acceptors (Lipinski definition) is 5. The predicted octanol–water partition coefficient (Wildman–Crippen LogP) is 3.71. The van der Waals surface area contributed by atoms with Gasteiger partial charge in [0.05, 0.1) is 0 Å². The molecule has 0 unspecified atom stereocenters. The standard InChI is InChI=1S/C22H18F3NO5/c1-29-12-19-21(31-10-13-5-3-2-4-6-13)20(27)16(11-30-19)22(28)26-9-15-17(24)7-14(23)8-18(15)25/h2-8,11H,9-10,12H2,1H3,(H,26,28). The molecule has 0 saturated heterocycles. The molecule has 1 N–H and O–H groups in total. The zero-order valence-electron chi connectivity index (χ0n) is 16.4. The van der Waals surface area contributed by atoms with Crippen molar-refractivity contribution in [2.45, 2.75) is 19.8 Å². The largest absolute Gasteiger partial charge is 0.482 e. The van der Waals surface area contributed by atoms with Crippen LogP contribution in [0.2, 0.25) is 0 Å².